The number of esters is 1. The number of rotatable bonds is 3. The Bertz CT molecular complexity index is 560. The monoisotopic (exact) mass is 252 g/mol. The first-order chi connectivity index (χ1) is 8.06. The van der Waals surface area contributed by atoms with E-state index in [2.05, 4.69) is 6.58 Å². The molecule has 90 valence electrons. The lowest BCUT2D eigenvalue weighted by Crippen LogP contribution is -2.17. The van der Waals surface area contributed by atoms with Crippen molar-refractivity contribution in [3.05, 3.63) is 42.5 Å². The Morgan fingerprint density at radius 1 is 1.47 bits per heavy atom. The van der Waals surface area contributed by atoms with Crippen molar-refractivity contribution in [1.82, 2.24) is 0 Å². The van der Waals surface area contributed by atoms with Crippen LogP contribution >= 0.6 is 0 Å². The minimum absolute atomic E-state index is 0.0948. The van der Waals surface area contributed by atoms with Gasteiger partial charge in [-0.25, -0.2) is 8.42 Å². The maximum atomic E-state index is 11.8. The van der Waals surface area contributed by atoms with Gasteiger partial charge in [0.1, 0.15) is 6.61 Å². The van der Waals surface area contributed by atoms with Crippen LogP contribution in [-0.2, 0) is 19.4 Å². The molecule has 17 heavy (non-hydrogen) atoms. The summed E-state index contributed by atoms with van der Waals surface area (Å²) in [6.45, 7) is 3.53. The van der Waals surface area contributed by atoms with Gasteiger partial charge in [0.25, 0.3) is 0 Å². The van der Waals surface area contributed by atoms with E-state index in [1.165, 1.54) is 12.1 Å². The maximum Gasteiger partial charge on any atom is 0.314 e. The van der Waals surface area contributed by atoms with Crippen molar-refractivity contribution in [3.63, 3.8) is 0 Å². The van der Waals surface area contributed by atoms with E-state index in [0.717, 1.165) is 0 Å². The molecule has 1 aromatic carbocycles. The first-order valence-corrected chi connectivity index (χ1v) is 6.80. The first-order valence-electron chi connectivity index (χ1n) is 5.15. The molecule has 1 aliphatic rings. The minimum atomic E-state index is -3.35. The quantitative estimate of drug-likeness (QED) is 0.600. The van der Waals surface area contributed by atoms with Crippen molar-refractivity contribution in [2.45, 2.75) is 10.8 Å². The molecule has 0 saturated heterocycles. The molecule has 0 saturated carbocycles. The van der Waals surface area contributed by atoms with Gasteiger partial charge in [0.05, 0.1) is 16.6 Å². The normalized spacial score (nSPS) is 20.6. The molecule has 1 atom stereocenters. The summed E-state index contributed by atoms with van der Waals surface area (Å²) in [5, 5.41) is 0. The van der Waals surface area contributed by atoms with Crippen LogP contribution in [0.3, 0.4) is 0 Å². The van der Waals surface area contributed by atoms with E-state index in [1.54, 1.807) is 18.2 Å². The van der Waals surface area contributed by atoms with E-state index in [-0.39, 0.29) is 17.3 Å². The Hall–Kier alpha value is -1.62. The summed E-state index contributed by atoms with van der Waals surface area (Å²) in [5.41, 5.74) is 0.529. The number of carbonyl (C=O) groups excluding carboxylic acids is 1. The van der Waals surface area contributed by atoms with Crippen LogP contribution in [0.5, 0.6) is 0 Å². The molecule has 0 aliphatic carbocycles. The summed E-state index contributed by atoms with van der Waals surface area (Å²) in [6, 6.07) is 6.53. The number of sulfone groups is 1. The summed E-state index contributed by atoms with van der Waals surface area (Å²) in [6.07, 6.45) is 1.45. The van der Waals surface area contributed by atoms with Gasteiger partial charge in [0, 0.05) is 0 Å². The topological polar surface area (TPSA) is 60.4 Å². The summed E-state index contributed by atoms with van der Waals surface area (Å²) in [7, 11) is -3.35. The Morgan fingerprint density at radius 3 is 2.88 bits per heavy atom. The third-order valence-electron chi connectivity index (χ3n) is 2.64. The lowest BCUT2D eigenvalue weighted by molar-refractivity contribution is -0.143. The van der Waals surface area contributed by atoms with Gasteiger partial charge in [0.2, 0.25) is 0 Å². The lowest BCUT2D eigenvalue weighted by atomic mass is 10.0. The molecule has 0 fully saturated rings. The van der Waals surface area contributed by atoms with Crippen molar-refractivity contribution < 1.29 is 17.9 Å². The standard InChI is InChI=1S/C12H12O4S/c1-2-7-16-12(13)10-8-17(14,15)11-6-4-3-5-9(10)11/h2-6,10H,1,7-8H2/t10-/m1/s1. The van der Waals surface area contributed by atoms with Crippen molar-refractivity contribution in [1.29, 1.82) is 0 Å². The van der Waals surface area contributed by atoms with E-state index in [4.69, 9.17) is 4.74 Å². The summed E-state index contributed by atoms with van der Waals surface area (Å²) < 4.78 is 28.5. The molecule has 2 rings (SSSR count). The van der Waals surface area contributed by atoms with Gasteiger partial charge in [-0.15, -0.1) is 0 Å². The highest BCUT2D eigenvalue weighted by Crippen LogP contribution is 2.35. The average Bonchev–Trinajstić information content (AvgIpc) is 2.59. The second-order valence-electron chi connectivity index (χ2n) is 3.79. The fourth-order valence-corrected chi connectivity index (χ4v) is 3.68. The predicted molar refractivity (Wildman–Crippen MR) is 62.4 cm³/mol. The van der Waals surface area contributed by atoms with E-state index in [0.29, 0.717) is 5.56 Å². The maximum absolute atomic E-state index is 11.8. The summed E-state index contributed by atoms with van der Waals surface area (Å²) in [4.78, 5) is 12.0. The molecule has 0 unspecified atom stereocenters. The van der Waals surface area contributed by atoms with Gasteiger partial charge in [-0.2, -0.15) is 0 Å². The molecule has 0 amide bonds. The first kappa shape index (κ1) is 11.9. The number of carbonyl (C=O) groups is 1. The summed E-state index contributed by atoms with van der Waals surface area (Å²) in [5.74, 6) is -1.43. The highest BCUT2D eigenvalue weighted by molar-refractivity contribution is 7.91. The number of benzene rings is 1. The Morgan fingerprint density at radius 2 is 2.18 bits per heavy atom. The zero-order valence-corrected chi connectivity index (χ0v) is 9.94. The van der Waals surface area contributed by atoms with Gasteiger partial charge in [-0.1, -0.05) is 30.9 Å². The van der Waals surface area contributed by atoms with Gasteiger partial charge >= 0.3 is 5.97 Å². The molecule has 0 bridgehead atoms. The van der Waals surface area contributed by atoms with Crippen molar-refractivity contribution in [2.24, 2.45) is 0 Å². The second kappa shape index (κ2) is 4.33. The van der Waals surface area contributed by atoms with Gasteiger partial charge in [-0.3, -0.25) is 4.79 Å². The van der Waals surface area contributed by atoms with E-state index in [9.17, 15) is 13.2 Å². The van der Waals surface area contributed by atoms with Crippen LogP contribution in [0.25, 0.3) is 0 Å². The largest absolute Gasteiger partial charge is 0.461 e. The van der Waals surface area contributed by atoms with Crippen molar-refractivity contribution in [3.8, 4) is 0 Å². The Labute approximate surface area is 99.8 Å². The molecule has 0 radical (unpaired) electrons. The molecular weight excluding hydrogens is 240 g/mol. The molecule has 0 N–H and O–H groups in total. The van der Waals surface area contributed by atoms with E-state index in [1.807, 2.05) is 0 Å². The van der Waals surface area contributed by atoms with Gasteiger partial charge in [-0.05, 0) is 11.6 Å². The predicted octanol–water partition coefficient (Wildman–Crippen LogP) is 1.29. The highest BCUT2D eigenvalue weighted by Gasteiger charge is 2.39. The van der Waals surface area contributed by atoms with Crippen molar-refractivity contribution >= 4 is 15.8 Å². The average molecular weight is 252 g/mol. The van der Waals surface area contributed by atoms with E-state index < -0.39 is 21.7 Å². The van der Waals surface area contributed by atoms with Crippen LogP contribution in [0.15, 0.2) is 41.8 Å². The summed E-state index contributed by atoms with van der Waals surface area (Å²) >= 11 is 0. The zero-order chi connectivity index (χ0) is 12.5. The van der Waals surface area contributed by atoms with Crippen molar-refractivity contribution in [2.75, 3.05) is 12.4 Å². The molecule has 1 heterocycles. The number of ether oxygens (including phenoxy) is 1. The molecule has 0 aromatic heterocycles. The number of fused-ring (bicyclic) bond motifs is 1. The zero-order valence-electron chi connectivity index (χ0n) is 9.13. The van der Waals surface area contributed by atoms with Gasteiger partial charge < -0.3 is 4.74 Å². The molecule has 1 aliphatic heterocycles. The Kier molecular flexibility index (Phi) is 3.02. The van der Waals surface area contributed by atoms with Crippen LogP contribution in [0.4, 0.5) is 0 Å². The highest BCUT2D eigenvalue weighted by atomic mass is 32.2. The third-order valence-corrected chi connectivity index (χ3v) is 4.46. The molecule has 4 nitrogen and oxygen atoms in total. The molecule has 1 aromatic rings. The fraction of sp³-hybridized carbons (Fsp3) is 0.250. The Balaban J connectivity index is 2.35. The van der Waals surface area contributed by atoms with Crippen LogP contribution < -0.4 is 0 Å². The van der Waals surface area contributed by atoms with Crippen LogP contribution in [0.2, 0.25) is 0 Å². The second-order valence-corrected chi connectivity index (χ2v) is 5.79. The molecule has 0 spiro atoms. The third kappa shape index (κ3) is 2.10. The smallest absolute Gasteiger partial charge is 0.314 e. The molecule has 5 heteroatoms. The SMILES string of the molecule is C=CCOC(=O)[C@@H]1CS(=O)(=O)c2ccccc21. The fourth-order valence-electron chi connectivity index (χ4n) is 1.89. The number of hydrogen-bond acceptors (Lipinski definition) is 4. The minimum Gasteiger partial charge on any atom is -0.461 e. The lowest BCUT2D eigenvalue weighted by Gasteiger charge is -2.08. The van der Waals surface area contributed by atoms with Crippen LogP contribution in [-0.4, -0.2) is 26.7 Å². The molecular formula is C12H12O4S. The van der Waals surface area contributed by atoms with Gasteiger partial charge in [0.15, 0.2) is 9.84 Å². The number of hydrogen-bond donors (Lipinski definition) is 0. The van der Waals surface area contributed by atoms with Crippen LogP contribution in [0, 0.1) is 0 Å². The van der Waals surface area contributed by atoms with E-state index >= 15 is 0 Å². The van der Waals surface area contributed by atoms with Crippen LogP contribution in [0.1, 0.15) is 11.5 Å².